The summed E-state index contributed by atoms with van der Waals surface area (Å²) in [6.07, 6.45) is 0.679. The maximum absolute atomic E-state index is 14.4. The molecule has 45 heavy (non-hydrogen) atoms. The molecule has 0 spiro atoms. The maximum atomic E-state index is 14.4. The highest BCUT2D eigenvalue weighted by atomic mass is 32.2. The Morgan fingerprint density at radius 2 is 1.82 bits per heavy atom. The zero-order chi connectivity index (χ0) is 32.5. The van der Waals surface area contributed by atoms with Crippen molar-refractivity contribution in [3.63, 3.8) is 0 Å². The van der Waals surface area contributed by atoms with E-state index < -0.39 is 57.5 Å². The number of piperazine rings is 1. The topological polar surface area (TPSA) is 166 Å². The summed E-state index contributed by atoms with van der Waals surface area (Å²) in [5, 5.41) is 7.95. The number of hydrogen-bond acceptors (Lipinski definition) is 10. The van der Waals surface area contributed by atoms with E-state index >= 15 is 0 Å². The van der Waals surface area contributed by atoms with Crippen LogP contribution in [0.3, 0.4) is 0 Å². The molecule has 3 aliphatic heterocycles. The van der Waals surface area contributed by atoms with E-state index in [4.69, 9.17) is 4.74 Å². The number of benzene rings is 1. The number of β-lactam (4-membered cyclic amide) rings is 1. The number of rotatable bonds is 12. The Balaban J connectivity index is 1.53. The van der Waals surface area contributed by atoms with Crippen molar-refractivity contribution < 1.29 is 38.3 Å². The predicted molar refractivity (Wildman–Crippen MR) is 161 cm³/mol. The molecule has 0 aliphatic carbocycles. The van der Waals surface area contributed by atoms with E-state index in [1.165, 1.54) is 21.6 Å². The molecule has 2 aromatic rings. The van der Waals surface area contributed by atoms with Gasteiger partial charge in [0.25, 0.3) is 11.8 Å². The first kappa shape index (κ1) is 32.0. The molecular formula is C29H32N6O8S2. The minimum atomic E-state index is -2.09. The number of hydrazine groups is 1. The molecule has 1 aromatic carbocycles. The lowest BCUT2D eigenvalue weighted by Crippen LogP contribution is -2.80. The summed E-state index contributed by atoms with van der Waals surface area (Å²) in [4.78, 5) is 94.6. The summed E-state index contributed by atoms with van der Waals surface area (Å²) in [7, 11) is 0. The first-order valence-corrected chi connectivity index (χ1v) is 15.9. The molecule has 0 bridgehead atoms. The highest BCUT2D eigenvalue weighted by molar-refractivity contribution is 8.01. The van der Waals surface area contributed by atoms with Gasteiger partial charge in [-0.25, -0.2) is 14.8 Å². The number of fused-ring (bicyclic) bond motifs is 1. The van der Waals surface area contributed by atoms with E-state index in [0.29, 0.717) is 23.4 Å². The number of nitrogens with zero attached hydrogens (tertiary/aromatic N) is 4. The number of esters is 1. The van der Waals surface area contributed by atoms with Crippen molar-refractivity contribution in [1.29, 1.82) is 0 Å². The summed E-state index contributed by atoms with van der Waals surface area (Å²) in [5.41, 5.74) is -1.42. The van der Waals surface area contributed by atoms with Gasteiger partial charge >= 0.3 is 17.8 Å². The fraction of sp³-hybridized carbons (Fsp3) is 0.414. The van der Waals surface area contributed by atoms with Crippen molar-refractivity contribution in [3.8, 4) is 0 Å². The predicted octanol–water partition coefficient (Wildman–Crippen LogP) is 0.218. The number of amides is 6. The van der Waals surface area contributed by atoms with Crippen LogP contribution in [0.5, 0.6) is 0 Å². The Morgan fingerprint density at radius 3 is 2.44 bits per heavy atom. The van der Waals surface area contributed by atoms with Gasteiger partial charge in [-0.15, -0.1) is 23.1 Å². The lowest BCUT2D eigenvalue weighted by atomic mass is 9.88. The van der Waals surface area contributed by atoms with E-state index in [1.54, 1.807) is 68.6 Å². The Bertz CT molecular complexity index is 1510. The molecule has 1 aromatic heterocycles. The third-order valence-electron chi connectivity index (χ3n) is 8.13. The average molecular weight is 657 g/mol. The second kappa shape index (κ2) is 12.5. The largest absolute Gasteiger partial charge is 0.458 e. The van der Waals surface area contributed by atoms with Gasteiger partial charge in [0.2, 0.25) is 18.5 Å². The van der Waals surface area contributed by atoms with Gasteiger partial charge in [-0.1, -0.05) is 36.4 Å². The monoisotopic (exact) mass is 656 g/mol. The molecule has 1 unspecified atom stereocenters. The Hall–Kier alpha value is -4.44. The quantitative estimate of drug-likeness (QED) is 0.141. The zero-order valence-electron chi connectivity index (χ0n) is 24.7. The van der Waals surface area contributed by atoms with Crippen LogP contribution >= 0.6 is 23.1 Å². The number of hydrogen-bond donors (Lipinski definition) is 2. The molecule has 6 amide bonds. The SMILES string of the molecule is CCN1CCN(N(C=O)C(C(=O)N[C@@]2(C(=O)OCc3ccccc3)N3C(=O)[C@@H](NC=O)[C@H]3SC2(C)C)c2cccs2)C(=O)C1=O. The summed E-state index contributed by atoms with van der Waals surface area (Å²) in [6.45, 7) is 5.26. The first-order valence-electron chi connectivity index (χ1n) is 14.1. The maximum Gasteiger partial charge on any atom is 0.355 e. The van der Waals surface area contributed by atoms with Gasteiger partial charge in [0.15, 0.2) is 6.04 Å². The third-order valence-corrected chi connectivity index (χ3v) is 10.7. The Labute approximate surface area is 267 Å². The van der Waals surface area contributed by atoms with Crippen molar-refractivity contribution in [1.82, 2.24) is 30.5 Å². The van der Waals surface area contributed by atoms with E-state index in [0.717, 1.165) is 21.4 Å². The molecule has 238 valence electrons. The molecule has 2 N–H and O–H groups in total. The van der Waals surface area contributed by atoms with E-state index in [2.05, 4.69) is 10.6 Å². The molecule has 3 aliphatic rings. The van der Waals surface area contributed by atoms with E-state index in [-0.39, 0.29) is 26.1 Å². The summed E-state index contributed by atoms with van der Waals surface area (Å²) in [6, 6.07) is 9.64. The first-order chi connectivity index (χ1) is 21.5. The van der Waals surface area contributed by atoms with Crippen molar-refractivity contribution in [2.45, 2.75) is 55.2 Å². The summed E-state index contributed by atoms with van der Waals surface area (Å²) >= 11 is 2.32. The molecule has 4 atom stereocenters. The summed E-state index contributed by atoms with van der Waals surface area (Å²) < 4.78 is 4.52. The standard InChI is InChI=1S/C29H32N6O8S2/c1-4-32-12-13-33(25(41)24(32)40)34(17-37)21(19-11-8-14-44-19)22(38)31-29(27(42)43-15-18-9-6-5-7-10-18)28(2,3)45-26-20(30-16-36)23(39)35(26)29/h5-11,14,16-17,20-21,26H,4,12-13,15H2,1-3H3,(H,30,36)(H,31,38)/t20-,21?,26-,29+/m1/s1. The molecule has 4 heterocycles. The molecule has 14 nitrogen and oxygen atoms in total. The van der Waals surface area contributed by atoms with Crippen LogP contribution in [0.15, 0.2) is 47.8 Å². The van der Waals surface area contributed by atoms with Crippen molar-refractivity contribution in [2.24, 2.45) is 0 Å². The second-order valence-electron chi connectivity index (χ2n) is 11.0. The van der Waals surface area contributed by atoms with Gasteiger partial charge in [-0.3, -0.25) is 33.7 Å². The van der Waals surface area contributed by atoms with Crippen molar-refractivity contribution >= 4 is 65.5 Å². The minimum Gasteiger partial charge on any atom is -0.458 e. The Morgan fingerprint density at radius 1 is 1.09 bits per heavy atom. The lowest BCUT2D eigenvalue weighted by molar-refractivity contribution is -0.184. The van der Waals surface area contributed by atoms with Crippen molar-refractivity contribution in [3.05, 3.63) is 58.3 Å². The van der Waals surface area contributed by atoms with Crippen LogP contribution in [0.4, 0.5) is 0 Å². The van der Waals surface area contributed by atoms with Crippen LogP contribution in [0.25, 0.3) is 0 Å². The second-order valence-corrected chi connectivity index (χ2v) is 13.7. The third kappa shape index (κ3) is 5.31. The smallest absolute Gasteiger partial charge is 0.355 e. The molecular weight excluding hydrogens is 624 g/mol. The highest BCUT2D eigenvalue weighted by Crippen LogP contribution is 2.56. The molecule has 0 radical (unpaired) electrons. The number of thioether (sulfide) groups is 1. The van der Waals surface area contributed by atoms with Crippen LogP contribution < -0.4 is 10.6 Å². The molecule has 5 rings (SSSR count). The van der Waals surface area contributed by atoms with Crippen LogP contribution in [0.2, 0.25) is 0 Å². The normalized spacial score (nSPS) is 24.3. The van der Waals surface area contributed by atoms with Gasteiger partial charge in [0, 0.05) is 18.0 Å². The number of carbonyl (C=O) groups is 7. The fourth-order valence-corrected chi connectivity index (χ4v) is 8.32. The lowest BCUT2D eigenvalue weighted by Gasteiger charge is -2.50. The Kier molecular flexibility index (Phi) is 8.89. The molecule has 0 saturated carbocycles. The van der Waals surface area contributed by atoms with Gasteiger partial charge < -0.3 is 20.3 Å². The minimum absolute atomic E-state index is 0.0519. The number of thiophene rings is 1. The van der Waals surface area contributed by atoms with Gasteiger partial charge in [0.1, 0.15) is 18.0 Å². The number of carbonyl (C=O) groups excluding carboxylic acids is 7. The van der Waals surface area contributed by atoms with Crippen LogP contribution in [0.1, 0.15) is 37.3 Å². The number of nitrogens with one attached hydrogen (secondary N) is 2. The number of likely N-dealkylation sites (N-methyl/N-ethyl adjacent to an activating group) is 1. The van der Waals surface area contributed by atoms with Gasteiger partial charge in [0.05, 0.1) is 11.3 Å². The molecule has 16 heteroatoms. The van der Waals surface area contributed by atoms with Crippen LogP contribution in [0, 0.1) is 0 Å². The summed E-state index contributed by atoms with van der Waals surface area (Å²) in [5.74, 6) is -4.24. The van der Waals surface area contributed by atoms with Gasteiger partial charge in [-0.05, 0) is 37.8 Å². The van der Waals surface area contributed by atoms with Crippen LogP contribution in [-0.4, -0.2) is 104 Å². The molecule has 3 fully saturated rings. The fourth-order valence-electron chi connectivity index (χ4n) is 5.80. The van der Waals surface area contributed by atoms with E-state index in [1.807, 2.05) is 0 Å². The highest BCUT2D eigenvalue weighted by Gasteiger charge is 2.74. The zero-order valence-corrected chi connectivity index (χ0v) is 26.3. The number of ether oxygens (including phenoxy) is 1. The van der Waals surface area contributed by atoms with Crippen LogP contribution in [-0.2, 0) is 44.9 Å². The van der Waals surface area contributed by atoms with Gasteiger partial charge in [-0.2, -0.15) is 0 Å². The average Bonchev–Trinajstić information content (AvgIpc) is 3.63. The van der Waals surface area contributed by atoms with E-state index in [9.17, 15) is 33.6 Å². The molecule has 3 saturated heterocycles. The van der Waals surface area contributed by atoms with Crippen molar-refractivity contribution in [2.75, 3.05) is 19.6 Å².